The summed E-state index contributed by atoms with van der Waals surface area (Å²) < 4.78 is 15.4. The molecule has 0 unspecified atom stereocenters. The standard InChI is InChI=1S/C18H19N3O7/c1-11(28-14-6-4-13(26-2)5-7-14)18(23)20-19-10-12-8-15(21(24)25)17(22)16(9-12)27-3/h4-11,22H,1-3H3,(H,20,23)/b19-10+/t11-/m1/s1. The van der Waals surface area contributed by atoms with Crippen LogP contribution in [-0.4, -0.2) is 42.5 Å². The molecule has 10 nitrogen and oxygen atoms in total. The molecule has 0 bridgehead atoms. The predicted octanol–water partition coefficient (Wildman–Crippen LogP) is 2.24. The van der Waals surface area contributed by atoms with Crippen LogP contribution in [0.2, 0.25) is 0 Å². The van der Waals surface area contributed by atoms with E-state index in [-0.39, 0.29) is 11.3 Å². The van der Waals surface area contributed by atoms with Gasteiger partial charge in [-0.1, -0.05) is 0 Å². The van der Waals surface area contributed by atoms with Crippen molar-refractivity contribution in [1.82, 2.24) is 5.43 Å². The molecule has 2 rings (SSSR count). The first-order valence-corrected chi connectivity index (χ1v) is 8.04. The Balaban J connectivity index is 2.02. The van der Waals surface area contributed by atoms with Gasteiger partial charge in [0.05, 0.1) is 25.4 Å². The SMILES string of the molecule is COc1ccc(O[C@H](C)C(=O)N/N=C/c2cc(OC)c(O)c([N+](=O)[O-])c2)cc1. The van der Waals surface area contributed by atoms with E-state index >= 15 is 0 Å². The number of nitrogens with one attached hydrogen (secondary N) is 1. The Labute approximate surface area is 160 Å². The molecule has 0 saturated carbocycles. The molecular weight excluding hydrogens is 370 g/mol. The maximum absolute atomic E-state index is 12.1. The molecule has 0 fully saturated rings. The van der Waals surface area contributed by atoms with E-state index < -0.39 is 28.4 Å². The van der Waals surface area contributed by atoms with Gasteiger partial charge in [-0.15, -0.1) is 0 Å². The van der Waals surface area contributed by atoms with Gasteiger partial charge in [0.2, 0.25) is 5.75 Å². The van der Waals surface area contributed by atoms with E-state index in [1.54, 1.807) is 38.3 Å². The average molecular weight is 389 g/mol. The molecule has 10 heteroatoms. The summed E-state index contributed by atoms with van der Waals surface area (Å²) in [5.74, 6) is -0.0560. The van der Waals surface area contributed by atoms with Crippen molar-refractivity contribution >= 4 is 17.8 Å². The Kier molecular flexibility index (Phi) is 6.74. The van der Waals surface area contributed by atoms with Crippen molar-refractivity contribution in [2.75, 3.05) is 14.2 Å². The van der Waals surface area contributed by atoms with Crippen molar-refractivity contribution in [2.45, 2.75) is 13.0 Å². The van der Waals surface area contributed by atoms with Gasteiger partial charge in [0, 0.05) is 11.6 Å². The third kappa shape index (κ3) is 5.10. The highest BCUT2D eigenvalue weighted by Gasteiger charge is 2.19. The smallest absolute Gasteiger partial charge is 0.315 e. The monoisotopic (exact) mass is 389 g/mol. The topological polar surface area (TPSA) is 133 Å². The first kappa shape index (κ1) is 20.5. The molecule has 148 valence electrons. The van der Waals surface area contributed by atoms with Crippen LogP contribution in [0, 0.1) is 10.1 Å². The number of ether oxygens (including phenoxy) is 3. The summed E-state index contributed by atoms with van der Waals surface area (Å²) in [4.78, 5) is 22.3. The molecule has 0 spiro atoms. The van der Waals surface area contributed by atoms with Gasteiger partial charge in [0.15, 0.2) is 11.9 Å². The number of amides is 1. The molecule has 0 radical (unpaired) electrons. The molecule has 0 aliphatic heterocycles. The molecular formula is C18H19N3O7. The van der Waals surface area contributed by atoms with E-state index in [0.29, 0.717) is 11.5 Å². The third-order valence-corrected chi connectivity index (χ3v) is 3.62. The maximum atomic E-state index is 12.1. The summed E-state index contributed by atoms with van der Waals surface area (Å²) in [6.45, 7) is 1.55. The van der Waals surface area contributed by atoms with Crippen LogP contribution >= 0.6 is 0 Å². The van der Waals surface area contributed by atoms with Crippen LogP contribution in [0.3, 0.4) is 0 Å². The molecule has 0 saturated heterocycles. The second-order valence-corrected chi connectivity index (χ2v) is 5.52. The zero-order valence-electron chi connectivity index (χ0n) is 15.4. The van der Waals surface area contributed by atoms with E-state index in [9.17, 15) is 20.0 Å². The third-order valence-electron chi connectivity index (χ3n) is 3.62. The normalized spacial score (nSPS) is 11.7. The quantitative estimate of drug-likeness (QED) is 0.402. The molecule has 0 heterocycles. The van der Waals surface area contributed by atoms with E-state index in [4.69, 9.17) is 14.2 Å². The molecule has 1 amide bonds. The summed E-state index contributed by atoms with van der Waals surface area (Å²) >= 11 is 0. The number of hydrazone groups is 1. The number of hydrogen-bond acceptors (Lipinski definition) is 8. The number of carbonyl (C=O) groups excluding carboxylic acids is 1. The fourth-order valence-corrected chi connectivity index (χ4v) is 2.16. The molecule has 2 aromatic carbocycles. The van der Waals surface area contributed by atoms with Crippen LogP contribution in [-0.2, 0) is 4.79 Å². The largest absolute Gasteiger partial charge is 0.500 e. The Hall–Kier alpha value is -3.82. The van der Waals surface area contributed by atoms with Crippen molar-refractivity contribution in [1.29, 1.82) is 0 Å². The minimum absolute atomic E-state index is 0.0850. The maximum Gasteiger partial charge on any atom is 0.315 e. The minimum atomic E-state index is -0.839. The average Bonchev–Trinajstić information content (AvgIpc) is 2.69. The lowest BCUT2D eigenvalue weighted by Crippen LogP contribution is -2.33. The van der Waals surface area contributed by atoms with Crippen LogP contribution in [0.4, 0.5) is 5.69 Å². The molecule has 0 aliphatic carbocycles. The fraction of sp³-hybridized carbons (Fsp3) is 0.222. The first-order chi connectivity index (χ1) is 13.3. The number of rotatable bonds is 8. The molecule has 2 N–H and O–H groups in total. The van der Waals surface area contributed by atoms with Gasteiger partial charge in [0.1, 0.15) is 11.5 Å². The Bertz CT molecular complexity index is 881. The highest BCUT2D eigenvalue weighted by Crippen LogP contribution is 2.36. The number of carbonyl (C=O) groups is 1. The van der Waals surface area contributed by atoms with E-state index in [2.05, 4.69) is 10.5 Å². The lowest BCUT2D eigenvalue weighted by Gasteiger charge is -2.13. The molecule has 0 aliphatic rings. The number of nitrogens with zero attached hydrogens (tertiary/aromatic N) is 2. The van der Waals surface area contributed by atoms with Crippen molar-refractivity contribution in [3.8, 4) is 23.0 Å². The summed E-state index contributed by atoms with van der Waals surface area (Å²) in [6, 6.07) is 9.16. The van der Waals surface area contributed by atoms with Gasteiger partial charge in [-0.05, 0) is 37.3 Å². The fourth-order valence-electron chi connectivity index (χ4n) is 2.16. The highest BCUT2D eigenvalue weighted by molar-refractivity contribution is 5.86. The lowest BCUT2D eigenvalue weighted by atomic mass is 10.2. The number of phenols is 1. The minimum Gasteiger partial charge on any atom is -0.500 e. The van der Waals surface area contributed by atoms with Crippen molar-refractivity contribution in [3.63, 3.8) is 0 Å². The summed E-state index contributed by atoms with van der Waals surface area (Å²) in [5.41, 5.74) is 2.00. The van der Waals surface area contributed by atoms with Crippen LogP contribution in [0.5, 0.6) is 23.0 Å². The zero-order chi connectivity index (χ0) is 20.7. The highest BCUT2D eigenvalue weighted by atomic mass is 16.6. The molecule has 2 aromatic rings. The number of aromatic hydroxyl groups is 1. The molecule has 1 atom stereocenters. The Morgan fingerprint density at radius 2 is 1.86 bits per heavy atom. The van der Waals surface area contributed by atoms with Gasteiger partial charge in [-0.3, -0.25) is 14.9 Å². The van der Waals surface area contributed by atoms with Crippen molar-refractivity contribution in [2.24, 2.45) is 5.10 Å². The van der Waals surface area contributed by atoms with Gasteiger partial charge >= 0.3 is 5.69 Å². The van der Waals surface area contributed by atoms with Gasteiger partial charge in [0.25, 0.3) is 5.91 Å². The van der Waals surface area contributed by atoms with E-state index in [0.717, 1.165) is 6.07 Å². The zero-order valence-corrected chi connectivity index (χ0v) is 15.4. The number of methoxy groups -OCH3 is 2. The Morgan fingerprint density at radius 3 is 2.43 bits per heavy atom. The second kappa shape index (κ2) is 9.21. The first-order valence-electron chi connectivity index (χ1n) is 8.04. The van der Waals surface area contributed by atoms with Crippen LogP contribution in [0.25, 0.3) is 0 Å². The summed E-state index contributed by atoms with van der Waals surface area (Å²) in [6.07, 6.45) is 0.349. The number of nitro benzene ring substituents is 1. The van der Waals surface area contributed by atoms with Gasteiger partial charge in [-0.2, -0.15) is 5.10 Å². The Morgan fingerprint density at radius 1 is 1.21 bits per heavy atom. The number of phenolic OH excluding ortho intramolecular Hbond substituents is 1. The summed E-state index contributed by atoms with van der Waals surface area (Å²) in [5, 5.41) is 24.5. The number of benzene rings is 2. The van der Waals surface area contributed by atoms with Crippen LogP contribution in [0.15, 0.2) is 41.5 Å². The van der Waals surface area contributed by atoms with Crippen LogP contribution < -0.4 is 19.6 Å². The van der Waals surface area contributed by atoms with E-state index in [1.807, 2.05) is 0 Å². The molecule has 28 heavy (non-hydrogen) atoms. The molecule has 0 aromatic heterocycles. The second-order valence-electron chi connectivity index (χ2n) is 5.52. The van der Waals surface area contributed by atoms with Gasteiger partial charge < -0.3 is 19.3 Å². The predicted molar refractivity (Wildman–Crippen MR) is 100 cm³/mol. The van der Waals surface area contributed by atoms with Gasteiger partial charge in [-0.25, -0.2) is 5.43 Å². The van der Waals surface area contributed by atoms with E-state index in [1.165, 1.54) is 19.4 Å². The number of nitro groups is 1. The van der Waals surface area contributed by atoms with Crippen molar-refractivity contribution < 1.29 is 29.0 Å². The van der Waals surface area contributed by atoms with Crippen LogP contribution in [0.1, 0.15) is 12.5 Å². The van der Waals surface area contributed by atoms with Crippen molar-refractivity contribution in [3.05, 3.63) is 52.1 Å². The number of hydrogen-bond donors (Lipinski definition) is 2. The summed E-state index contributed by atoms with van der Waals surface area (Å²) in [7, 11) is 2.81. The lowest BCUT2D eigenvalue weighted by molar-refractivity contribution is -0.386.